The molecule has 2 atom stereocenters. The van der Waals surface area contributed by atoms with Gasteiger partial charge in [0, 0.05) is 37.7 Å². The summed E-state index contributed by atoms with van der Waals surface area (Å²) < 4.78 is 41.1. The molecule has 0 radical (unpaired) electrons. The van der Waals surface area contributed by atoms with Crippen molar-refractivity contribution in [3.05, 3.63) is 24.3 Å². The van der Waals surface area contributed by atoms with Crippen LogP contribution in [0.15, 0.2) is 18.7 Å². The molecule has 3 aliphatic rings. The average Bonchev–Trinajstić information content (AvgIpc) is 3.57. The zero-order valence-electron chi connectivity index (χ0n) is 16.0. The molecule has 11 heteroatoms. The van der Waals surface area contributed by atoms with Gasteiger partial charge in [-0.25, -0.2) is 15.0 Å². The summed E-state index contributed by atoms with van der Waals surface area (Å²) in [6, 6.07) is 0.390. The number of nitrogens with zero attached hydrogens (tertiary/aromatic N) is 5. The van der Waals surface area contributed by atoms with Crippen molar-refractivity contribution in [2.75, 3.05) is 29.9 Å². The van der Waals surface area contributed by atoms with E-state index in [2.05, 4.69) is 35.5 Å². The van der Waals surface area contributed by atoms with Crippen LogP contribution in [-0.4, -0.2) is 57.7 Å². The van der Waals surface area contributed by atoms with Gasteiger partial charge >= 0.3 is 6.18 Å². The van der Waals surface area contributed by atoms with Crippen molar-refractivity contribution < 1.29 is 18.0 Å². The summed E-state index contributed by atoms with van der Waals surface area (Å²) in [5.74, 6) is -1.55. The Bertz CT molecular complexity index is 979. The van der Waals surface area contributed by atoms with Crippen LogP contribution >= 0.6 is 0 Å². The van der Waals surface area contributed by atoms with E-state index in [1.807, 2.05) is 0 Å². The smallest absolute Gasteiger partial charge is 0.352 e. The number of alkyl halides is 3. The number of amides is 1. The Balaban J connectivity index is 1.52. The van der Waals surface area contributed by atoms with Gasteiger partial charge in [-0.15, -0.1) is 0 Å². The monoisotopic (exact) mass is 419 g/mol. The van der Waals surface area contributed by atoms with Crippen molar-refractivity contribution in [1.29, 1.82) is 0 Å². The van der Waals surface area contributed by atoms with Crippen LogP contribution in [0.3, 0.4) is 0 Å². The fourth-order valence-electron chi connectivity index (χ4n) is 4.20. The molecular formula is C19H20F3N7O. The Morgan fingerprint density at radius 1 is 1.17 bits per heavy atom. The van der Waals surface area contributed by atoms with E-state index in [1.165, 1.54) is 19.0 Å². The summed E-state index contributed by atoms with van der Waals surface area (Å²) in [5, 5.41) is 5.94. The molecule has 1 saturated carbocycles. The first-order valence-corrected chi connectivity index (χ1v) is 9.92. The maximum absolute atomic E-state index is 13.7. The predicted molar refractivity (Wildman–Crippen MR) is 102 cm³/mol. The number of rotatable bonds is 3. The number of fused-ring (bicyclic) bond motifs is 1. The van der Waals surface area contributed by atoms with E-state index in [0.29, 0.717) is 17.8 Å². The third-order valence-electron chi connectivity index (χ3n) is 5.86. The van der Waals surface area contributed by atoms with E-state index in [-0.39, 0.29) is 22.8 Å². The minimum absolute atomic E-state index is 0.0468. The zero-order valence-corrected chi connectivity index (χ0v) is 16.0. The van der Waals surface area contributed by atoms with Gasteiger partial charge in [-0.3, -0.25) is 9.78 Å². The van der Waals surface area contributed by atoms with Gasteiger partial charge in [-0.1, -0.05) is 0 Å². The second-order valence-electron chi connectivity index (χ2n) is 7.94. The second-order valence-corrected chi connectivity index (χ2v) is 7.94. The van der Waals surface area contributed by atoms with Crippen molar-refractivity contribution in [1.82, 2.24) is 25.3 Å². The standard InChI is InChI=1S/C19H20F3N7O/c20-19(21,22)11-5-15(30)28-18-16(11)17(25-9-26-18)12-6-23-7-14(27-12)29-4-3-24-13(8-29)10-1-2-10/h6-7,9-11,13,24H,1-5,8H2,(H,25,26,28,30)/t11-,13-/m1/s1. The molecule has 8 nitrogen and oxygen atoms in total. The highest BCUT2D eigenvalue weighted by Crippen LogP contribution is 2.45. The van der Waals surface area contributed by atoms with E-state index >= 15 is 0 Å². The minimum Gasteiger partial charge on any atom is -0.352 e. The molecule has 1 saturated heterocycles. The van der Waals surface area contributed by atoms with E-state index in [4.69, 9.17) is 0 Å². The molecule has 1 amide bonds. The predicted octanol–water partition coefficient (Wildman–Crippen LogP) is 2.11. The molecule has 0 unspecified atom stereocenters. The Morgan fingerprint density at radius 3 is 2.77 bits per heavy atom. The fourth-order valence-corrected chi connectivity index (χ4v) is 4.20. The number of carbonyl (C=O) groups is 1. The van der Waals surface area contributed by atoms with E-state index in [1.54, 1.807) is 6.20 Å². The number of hydrogen-bond acceptors (Lipinski definition) is 7. The number of carbonyl (C=O) groups excluding carboxylic acids is 1. The summed E-state index contributed by atoms with van der Waals surface area (Å²) >= 11 is 0. The minimum atomic E-state index is -4.60. The van der Waals surface area contributed by atoms with E-state index in [9.17, 15) is 18.0 Å². The van der Waals surface area contributed by atoms with Crippen LogP contribution in [0, 0.1) is 5.92 Å². The number of halogens is 3. The van der Waals surface area contributed by atoms with Gasteiger partial charge in [0.2, 0.25) is 5.91 Å². The maximum atomic E-state index is 13.7. The molecule has 0 bridgehead atoms. The van der Waals surface area contributed by atoms with Crippen LogP contribution in [-0.2, 0) is 4.79 Å². The summed E-state index contributed by atoms with van der Waals surface area (Å²) in [6.45, 7) is 2.34. The first kappa shape index (κ1) is 19.2. The Labute approximate surface area is 170 Å². The quantitative estimate of drug-likeness (QED) is 0.787. The third kappa shape index (κ3) is 3.57. The molecular weight excluding hydrogens is 399 g/mol. The molecule has 1 aliphatic carbocycles. The summed E-state index contributed by atoms with van der Waals surface area (Å²) in [7, 11) is 0. The lowest BCUT2D eigenvalue weighted by molar-refractivity contribution is -0.156. The van der Waals surface area contributed by atoms with Gasteiger partial charge in [0.1, 0.15) is 23.7 Å². The molecule has 2 aromatic rings. The Morgan fingerprint density at radius 2 is 2.00 bits per heavy atom. The number of aromatic nitrogens is 4. The van der Waals surface area contributed by atoms with Gasteiger partial charge in [0.05, 0.1) is 24.0 Å². The van der Waals surface area contributed by atoms with Crippen molar-refractivity contribution in [3.63, 3.8) is 0 Å². The van der Waals surface area contributed by atoms with Crippen molar-refractivity contribution in [3.8, 4) is 11.4 Å². The van der Waals surface area contributed by atoms with Gasteiger partial charge in [-0.2, -0.15) is 13.2 Å². The number of anilines is 2. The number of nitrogens with one attached hydrogen (secondary N) is 2. The summed E-state index contributed by atoms with van der Waals surface area (Å²) in [6.07, 6.45) is 1.28. The van der Waals surface area contributed by atoms with Crippen molar-refractivity contribution >= 4 is 17.5 Å². The molecule has 30 heavy (non-hydrogen) atoms. The molecule has 2 aromatic heterocycles. The molecule has 4 heterocycles. The first-order chi connectivity index (χ1) is 14.4. The van der Waals surface area contributed by atoms with Crippen LogP contribution < -0.4 is 15.5 Å². The molecule has 2 aliphatic heterocycles. The van der Waals surface area contributed by atoms with Gasteiger partial charge in [-0.05, 0) is 18.8 Å². The van der Waals surface area contributed by atoms with E-state index in [0.717, 1.165) is 26.0 Å². The average molecular weight is 419 g/mol. The highest BCUT2D eigenvalue weighted by atomic mass is 19.4. The lowest BCUT2D eigenvalue weighted by Gasteiger charge is -2.34. The molecule has 5 rings (SSSR count). The first-order valence-electron chi connectivity index (χ1n) is 9.92. The van der Waals surface area contributed by atoms with Crippen LogP contribution in [0.1, 0.15) is 30.7 Å². The summed E-state index contributed by atoms with van der Waals surface area (Å²) in [5.41, 5.74) is 0.121. The van der Waals surface area contributed by atoms with Gasteiger partial charge in [0.25, 0.3) is 0 Å². The van der Waals surface area contributed by atoms with Crippen molar-refractivity contribution in [2.45, 2.75) is 37.4 Å². The van der Waals surface area contributed by atoms with Crippen LogP contribution in [0.5, 0.6) is 0 Å². The topological polar surface area (TPSA) is 95.9 Å². The molecule has 158 valence electrons. The third-order valence-corrected chi connectivity index (χ3v) is 5.86. The highest BCUT2D eigenvalue weighted by Gasteiger charge is 2.47. The largest absolute Gasteiger partial charge is 0.396 e. The van der Waals surface area contributed by atoms with Gasteiger partial charge < -0.3 is 15.5 Å². The second kappa shape index (κ2) is 7.15. The molecule has 2 fully saturated rings. The Kier molecular flexibility index (Phi) is 4.57. The molecule has 0 aromatic carbocycles. The summed E-state index contributed by atoms with van der Waals surface area (Å²) in [4.78, 5) is 30.6. The lowest BCUT2D eigenvalue weighted by atomic mass is 9.90. The molecule has 2 N–H and O–H groups in total. The van der Waals surface area contributed by atoms with Gasteiger partial charge in [0.15, 0.2) is 0 Å². The normalized spacial score (nSPS) is 24.4. The zero-order chi connectivity index (χ0) is 20.9. The highest BCUT2D eigenvalue weighted by molar-refractivity contribution is 5.95. The van der Waals surface area contributed by atoms with Crippen LogP contribution in [0.25, 0.3) is 11.4 Å². The maximum Gasteiger partial charge on any atom is 0.396 e. The Hall–Kier alpha value is -2.82. The SMILES string of the molecule is O=C1C[C@@H](C(F)(F)F)c2c(ncnc2-c2cncc(N3CCN[C@@H](C4CC4)C3)n2)N1. The van der Waals surface area contributed by atoms with E-state index < -0.39 is 24.4 Å². The molecule has 0 spiro atoms. The van der Waals surface area contributed by atoms with Crippen LogP contribution in [0.2, 0.25) is 0 Å². The van der Waals surface area contributed by atoms with Crippen molar-refractivity contribution in [2.24, 2.45) is 5.92 Å². The number of piperazine rings is 1. The number of hydrogen-bond donors (Lipinski definition) is 2. The lowest BCUT2D eigenvalue weighted by Crippen LogP contribution is -2.52. The van der Waals surface area contributed by atoms with Crippen LogP contribution in [0.4, 0.5) is 24.8 Å². The fraction of sp³-hybridized carbons (Fsp3) is 0.526.